The van der Waals surface area contributed by atoms with Crippen molar-refractivity contribution in [3.8, 4) is 0 Å². The largest absolute Gasteiger partial charge is 0.462 e. The molecule has 0 aliphatic rings. The topological polar surface area (TPSA) is 78.9 Å². The van der Waals surface area contributed by atoms with E-state index in [-0.39, 0.29) is 37.5 Å². The summed E-state index contributed by atoms with van der Waals surface area (Å²) in [5.41, 5.74) is 0. The van der Waals surface area contributed by atoms with E-state index in [1.54, 1.807) is 0 Å². The molecule has 0 aliphatic heterocycles. The summed E-state index contributed by atoms with van der Waals surface area (Å²) in [6.45, 7) is 6.55. The molecule has 0 aromatic heterocycles. The van der Waals surface area contributed by atoms with E-state index >= 15 is 0 Å². The lowest BCUT2D eigenvalue weighted by molar-refractivity contribution is -0.167. The van der Waals surface area contributed by atoms with Crippen LogP contribution in [0.5, 0.6) is 0 Å². The van der Waals surface area contributed by atoms with Crippen molar-refractivity contribution >= 4 is 17.9 Å². The molecule has 0 aromatic rings. The van der Waals surface area contributed by atoms with Crippen LogP contribution in [0.4, 0.5) is 0 Å². The lowest BCUT2D eigenvalue weighted by Crippen LogP contribution is -2.30. The van der Waals surface area contributed by atoms with E-state index in [0.29, 0.717) is 19.3 Å². The molecule has 6 heteroatoms. The van der Waals surface area contributed by atoms with Crippen LogP contribution < -0.4 is 0 Å². The number of hydrogen-bond donors (Lipinski definition) is 0. The molecule has 0 saturated heterocycles. The molecule has 456 valence electrons. The molecule has 1 atom stereocenters. The molecule has 0 amide bonds. The Morgan fingerprint density at radius 1 is 0.269 bits per heavy atom. The van der Waals surface area contributed by atoms with Crippen molar-refractivity contribution in [2.24, 2.45) is 0 Å². The third kappa shape index (κ3) is 64.2. The Morgan fingerprint density at radius 2 is 0.500 bits per heavy atom. The maximum atomic E-state index is 12.9. The van der Waals surface area contributed by atoms with Crippen LogP contribution in [-0.4, -0.2) is 37.2 Å². The van der Waals surface area contributed by atoms with Gasteiger partial charge in [0.05, 0.1) is 0 Å². The molecule has 0 aliphatic carbocycles. The number of ether oxygens (including phenoxy) is 3. The smallest absolute Gasteiger partial charge is 0.306 e. The highest BCUT2D eigenvalue weighted by Gasteiger charge is 2.19. The van der Waals surface area contributed by atoms with Gasteiger partial charge in [-0.05, 0) is 57.8 Å². The van der Waals surface area contributed by atoms with Crippen molar-refractivity contribution in [3.05, 3.63) is 48.6 Å². The number of unbranched alkanes of at least 4 members (excludes halogenated alkanes) is 45. The lowest BCUT2D eigenvalue weighted by atomic mass is 10.0. The Labute approximate surface area is 486 Å². The van der Waals surface area contributed by atoms with E-state index in [1.165, 1.54) is 250 Å². The van der Waals surface area contributed by atoms with Gasteiger partial charge in [-0.25, -0.2) is 0 Å². The second-order valence-corrected chi connectivity index (χ2v) is 23.4. The molecule has 0 heterocycles. The van der Waals surface area contributed by atoms with Crippen molar-refractivity contribution < 1.29 is 28.6 Å². The van der Waals surface area contributed by atoms with Crippen molar-refractivity contribution in [1.29, 1.82) is 0 Å². The van der Waals surface area contributed by atoms with Crippen LogP contribution in [-0.2, 0) is 28.6 Å². The first-order valence-electron chi connectivity index (χ1n) is 34.6. The Kier molecular flexibility index (Phi) is 64.6. The molecule has 0 aromatic carbocycles. The van der Waals surface area contributed by atoms with E-state index in [9.17, 15) is 14.4 Å². The fraction of sp³-hybridized carbons (Fsp3) is 0.847. The molecular weight excluding hydrogens is 961 g/mol. The summed E-state index contributed by atoms with van der Waals surface area (Å²) in [4.78, 5) is 38.3. The second kappa shape index (κ2) is 66.9. The molecule has 1 unspecified atom stereocenters. The molecule has 0 N–H and O–H groups in total. The van der Waals surface area contributed by atoms with Crippen LogP contribution in [0.1, 0.15) is 374 Å². The van der Waals surface area contributed by atoms with Gasteiger partial charge in [-0.1, -0.05) is 345 Å². The first kappa shape index (κ1) is 75.4. The average Bonchev–Trinajstić information content (AvgIpc) is 3.44. The second-order valence-electron chi connectivity index (χ2n) is 23.4. The average molecular weight is 1090 g/mol. The van der Waals surface area contributed by atoms with Crippen LogP contribution in [0.2, 0.25) is 0 Å². The summed E-state index contributed by atoms with van der Waals surface area (Å²) in [7, 11) is 0. The number of esters is 3. The normalized spacial score (nSPS) is 12.3. The summed E-state index contributed by atoms with van der Waals surface area (Å²) < 4.78 is 16.9. The zero-order chi connectivity index (χ0) is 56.4. The standard InChI is InChI=1S/C72H132O6/c1-4-7-10-13-16-19-22-25-28-29-30-31-32-33-34-35-36-37-38-39-40-41-42-43-45-47-50-53-56-59-62-65-71(74)77-68-69(67-76-70(73)64-61-58-55-52-49-46-27-24-21-18-15-12-9-6-3)78-72(75)66-63-60-57-54-51-48-44-26-23-20-17-14-11-8-5-2/h8,11,17,20,26,44,51,54,69H,4-7,9-10,12-16,18-19,21-25,27-43,45-50,52-53,55-68H2,1-3H3/b11-8-,20-17-,44-26-,54-51-. The van der Waals surface area contributed by atoms with Gasteiger partial charge >= 0.3 is 17.9 Å². The van der Waals surface area contributed by atoms with Crippen molar-refractivity contribution in [2.75, 3.05) is 13.2 Å². The lowest BCUT2D eigenvalue weighted by Gasteiger charge is -2.18. The Morgan fingerprint density at radius 3 is 0.782 bits per heavy atom. The highest BCUT2D eigenvalue weighted by Crippen LogP contribution is 2.19. The molecule has 0 saturated carbocycles. The molecule has 0 fully saturated rings. The number of carbonyl (C=O) groups excluding carboxylic acids is 3. The first-order valence-corrected chi connectivity index (χ1v) is 34.6. The summed E-state index contributed by atoms with van der Waals surface area (Å²) in [6.07, 6.45) is 84.5. The van der Waals surface area contributed by atoms with E-state index < -0.39 is 6.10 Å². The monoisotopic (exact) mass is 1090 g/mol. The van der Waals surface area contributed by atoms with Gasteiger partial charge in [0.2, 0.25) is 0 Å². The van der Waals surface area contributed by atoms with Gasteiger partial charge in [-0.2, -0.15) is 0 Å². The van der Waals surface area contributed by atoms with Crippen LogP contribution >= 0.6 is 0 Å². The highest BCUT2D eigenvalue weighted by atomic mass is 16.6. The van der Waals surface area contributed by atoms with Crippen molar-refractivity contribution in [3.63, 3.8) is 0 Å². The van der Waals surface area contributed by atoms with Crippen LogP contribution in [0, 0.1) is 0 Å². The Bertz CT molecular complexity index is 1350. The molecular formula is C72H132O6. The van der Waals surface area contributed by atoms with E-state index in [4.69, 9.17) is 14.2 Å². The minimum atomic E-state index is -0.792. The maximum Gasteiger partial charge on any atom is 0.306 e. The molecule has 0 radical (unpaired) electrons. The minimum absolute atomic E-state index is 0.0850. The van der Waals surface area contributed by atoms with Gasteiger partial charge in [0, 0.05) is 19.3 Å². The fourth-order valence-electron chi connectivity index (χ4n) is 10.4. The van der Waals surface area contributed by atoms with Gasteiger partial charge in [0.1, 0.15) is 13.2 Å². The molecule has 0 bridgehead atoms. The number of allylic oxidation sites excluding steroid dienone is 8. The summed E-state index contributed by atoms with van der Waals surface area (Å²) in [6, 6.07) is 0. The van der Waals surface area contributed by atoms with Crippen molar-refractivity contribution in [1.82, 2.24) is 0 Å². The molecule has 6 nitrogen and oxygen atoms in total. The third-order valence-electron chi connectivity index (χ3n) is 15.6. The number of carbonyl (C=O) groups is 3. The van der Waals surface area contributed by atoms with E-state index in [2.05, 4.69) is 69.4 Å². The van der Waals surface area contributed by atoms with E-state index in [1.807, 2.05) is 0 Å². The quantitative estimate of drug-likeness (QED) is 0.0261. The SMILES string of the molecule is CC/C=C\C/C=C\C/C=C\C/C=C\CCCCC(=O)OC(COC(=O)CCCCCCCCCCCCCCCC)COC(=O)CCCCCCCCCCCCCCCCCCCCCCCCCCCCCCCCC. The predicted molar refractivity (Wildman–Crippen MR) is 339 cm³/mol. The van der Waals surface area contributed by atoms with Gasteiger partial charge < -0.3 is 14.2 Å². The Balaban J connectivity index is 4.14. The zero-order valence-electron chi connectivity index (χ0n) is 52.5. The maximum absolute atomic E-state index is 12.9. The fourth-order valence-corrected chi connectivity index (χ4v) is 10.4. The van der Waals surface area contributed by atoms with Gasteiger partial charge in [-0.15, -0.1) is 0 Å². The number of hydrogen-bond acceptors (Lipinski definition) is 6. The highest BCUT2D eigenvalue weighted by molar-refractivity contribution is 5.71. The zero-order valence-corrected chi connectivity index (χ0v) is 52.5. The summed E-state index contributed by atoms with van der Waals surface area (Å²) in [5.74, 6) is -0.904. The minimum Gasteiger partial charge on any atom is -0.462 e. The summed E-state index contributed by atoms with van der Waals surface area (Å²) >= 11 is 0. The van der Waals surface area contributed by atoms with Gasteiger partial charge in [0.15, 0.2) is 6.10 Å². The van der Waals surface area contributed by atoms with E-state index in [0.717, 1.165) is 77.0 Å². The predicted octanol–water partition coefficient (Wildman–Crippen LogP) is 23.7. The number of rotatable bonds is 64. The van der Waals surface area contributed by atoms with Gasteiger partial charge in [-0.3, -0.25) is 14.4 Å². The first-order chi connectivity index (χ1) is 38.5. The van der Waals surface area contributed by atoms with Gasteiger partial charge in [0.25, 0.3) is 0 Å². The Hall–Kier alpha value is -2.63. The van der Waals surface area contributed by atoms with Crippen molar-refractivity contribution in [2.45, 2.75) is 380 Å². The van der Waals surface area contributed by atoms with Crippen LogP contribution in [0.15, 0.2) is 48.6 Å². The molecule has 0 spiro atoms. The molecule has 78 heavy (non-hydrogen) atoms. The molecule has 0 rings (SSSR count). The van der Waals surface area contributed by atoms with Crippen LogP contribution in [0.25, 0.3) is 0 Å². The van der Waals surface area contributed by atoms with Crippen LogP contribution in [0.3, 0.4) is 0 Å². The summed E-state index contributed by atoms with van der Waals surface area (Å²) in [5, 5.41) is 0. The third-order valence-corrected chi connectivity index (χ3v) is 15.6.